The first-order valence-corrected chi connectivity index (χ1v) is 5.66. The van der Waals surface area contributed by atoms with Crippen LogP contribution in [-0.4, -0.2) is 4.98 Å². The molecule has 1 aromatic heterocycles. The van der Waals surface area contributed by atoms with Crippen molar-refractivity contribution in [1.29, 1.82) is 0 Å². The first kappa shape index (κ1) is 10.2. The number of nitrogens with zero attached hydrogens (tertiary/aromatic N) is 2. The zero-order valence-electron chi connectivity index (χ0n) is 8.95. The molecule has 0 unspecified atom stereocenters. The van der Waals surface area contributed by atoms with Crippen LogP contribution in [0.25, 0.3) is 4.85 Å². The van der Waals surface area contributed by atoms with E-state index in [0.717, 1.165) is 18.4 Å². The minimum atomic E-state index is -0.273. The highest BCUT2D eigenvalue weighted by Gasteiger charge is 2.39. The third-order valence-corrected chi connectivity index (χ3v) is 3.34. The molecule has 0 amide bonds. The Balaban J connectivity index is 2.32. The van der Waals surface area contributed by atoms with Crippen molar-refractivity contribution in [3.8, 4) is 0 Å². The highest BCUT2D eigenvalue weighted by atomic mass is 14.8. The Hall–Kier alpha value is -1.36. The van der Waals surface area contributed by atoms with Gasteiger partial charge in [0.1, 0.15) is 0 Å². The summed E-state index contributed by atoms with van der Waals surface area (Å²) >= 11 is 0. The molecule has 2 heteroatoms. The second-order valence-corrected chi connectivity index (χ2v) is 4.30. The van der Waals surface area contributed by atoms with Gasteiger partial charge in [-0.15, -0.1) is 0 Å². The molecule has 1 saturated carbocycles. The Morgan fingerprint density at radius 1 is 1.20 bits per heavy atom. The highest BCUT2D eigenvalue weighted by Crippen LogP contribution is 2.39. The van der Waals surface area contributed by atoms with Gasteiger partial charge >= 0.3 is 0 Å². The summed E-state index contributed by atoms with van der Waals surface area (Å²) in [5, 5.41) is 0. The van der Waals surface area contributed by atoms with Crippen LogP contribution >= 0.6 is 0 Å². The molecule has 1 aliphatic carbocycles. The molecule has 1 aliphatic rings. The van der Waals surface area contributed by atoms with Gasteiger partial charge in [-0.3, -0.25) is 4.98 Å². The third kappa shape index (κ3) is 2.02. The molecular weight excluding hydrogens is 184 g/mol. The molecule has 2 rings (SSSR count). The molecule has 1 heterocycles. The predicted octanol–water partition coefficient (Wildman–Crippen LogP) is 3.55. The Morgan fingerprint density at radius 2 is 1.93 bits per heavy atom. The SMILES string of the molecule is [C-]#[N+]C1(c2cccnc2)CCCCCC1. The second kappa shape index (κ2) is 4.44. The van der Waals surface area contributed by atoms with Crippen LogP contribution in [0.4, 0.5) is 0 Å². The van der Waals surface area contributed by atoms with E-state index in [9.17, 15) is 0 Å². The molecule has 0 aliphatic heterocycles. The maximum atomic E-state index is 7.48. The lowest BCUT2D eigenvalue weighted by atomic mass is 9.85. The molecule has 0 saturated heterocycles. The first-order valence-electron chi connectivity index (χ1n) is 5.66. The molecule has 0 N–H and O–H groups in total. The van der Waals surface area contributed by atoms with Gasteiger partial charge in [0, 0.05) is 25.2 Å². The maximum absolute atomic E-state index is 7.48. The van der Waals surface area contributed by atoms with E-state index in [0.29, 0.717) is 0 Å². The van der Waals surface area contributed by atoms with E-state index >= 15 is 0 Å². The van der Waals surface area contributed by atoms with Crippen molar-refractivity contribution < 1.29 is 0 Å². The van der Waals surface area contributed by atoms with Crippen molar-refractivity contribution in [1.82, 2.24) is 4.98 Å². The van der Waals surface area contributed by atoms with Crippen LogP contribution in [0, 0.1) is 6.57 Å². The summed E-state index contributed by atoms with van der Waals surface area (Å²) in [6.45, 7) is 7.48. The molecule has 0 atom stereocenters. The molecule has 15 heavy (non-hydrogen) atoms. The molecular formula is C13H16N2. The summed E-state index contributed by atoms with van der Waals surface area (Å²) in [6.07, 6.45) is 10.6. The number of aromatic nitrogens is 1. The van der Waals surface area contributed by atoms with Gasteiger partial charge in [-0.05, 0) is 25.0 Å². The lowest BCUT2D eigenvalue weighted by Gasteiger charge is -2.19. The molecule has 0 spiro atoms. The Morgan fingerprint density at radius 3 is 2.47 bits per heavy atom. The third-order valence-electron chi connectivity index (χ3n) is 3.34. The average molecular weight is 200 g/mol. The van der Waals surface area contributed by atoms with E-state index in [1.165, 1.54) is 25.7 Å². The van der Waals surface area contributed by atoms with Crippen LogP contribution in [0.2, 0.25) is 0 Å². The molecule has 0 aromatic carbocycles. The Kier molecular flexibility index (Phi) is 3.01. The van der Waals surface area contributed by atoms with Crippen molar-refractivity contribution in [2.45, 2.75) is 44.1 Å². The van der Waals surface area contributed by atoms with Crippen LogP contribution in [0.5, 0.6) is 0 Å². The van der Waals surface area contributed by atoms with Crippen molar-refractivity contribution in [2.75, 3.05) is 0 Å². The van der Waals surface area contributed by atoms with Crippen LogP contribution in [-0.2, 0) is 5.54 Å². The zero-order chi connectivity index (χ0) is 10.6. The van der Waals surface area contributed by atoms with E-state index in [2.05, 4.69) is 15.9 Å². The monoisotopic (exact) mass is 200 g/mol. The smallest absolute Gasteiger partial charge is 0.259 e. The second-order valence-electron chi connectivity index (χ2n) is 4.30. The molecule has 0 radical (unpaired) electrons. The molecule has 1 fully saturated rings. The van der Waals surface area contributed by atoms with Crippen LogP contribution in [0.3, 0.4) is 0 Å². The molecule has 0 bridgehead atoms. The van der Waals surface area contributed by atoms with Crippen LogP contribution < -0.4 is 0 Å². The topological polar surface area (TPSA) is 17.2 Å². The predicted molar refractivity (Wildman–Crippen MR) is 60.2 cm³/mol. The van der Waals surface area contributed by atoms with Crippen molar-refractivity contribution >= 4 is 0 Å². The van der Waals surface area contributed by atoms with Crippen molar-refractivity contribution in [3.05, 3.63) is 41.5 Å². The number of hydrogen-bond donors (Lipinski definition) is 0. The summed E-state index contributed by atoms with van der Waals surface area (Å²) in [7, 11) is 0. The number of pyridine rings is 1. The van der Waals surface area contributed by atoms with Gasteiger partial charge in [-0.25, -0.2) is 6.57 Å². The number of rotatable bonds is 1. The quantitative estimate of drug-likeness (QED) is 0.500. The standard InChI is InChI=1S/C13H16N2/c1-14-13(8-4-2-3-5-9-13)12-7-6-10-15-11-12/h6-7,10-11H,2-5,8-9H2. The maximum Gasteiger partial charge on any atom is 0.259 e. The molecule has 78 valence electrons. The number of hydrogen-bond acceptors (Lipinski definition) is 1. The normalized spacial score (nSPS) is 20.2. The van der Waals surface area contributed by atoms with Crippen LogP contribution in [0.15, 0.2) is 24.5 Å². The van der Waals surface area contributed by atoms with Gasteiger partial charge < -0.3 is 4.85 Å². The largest absolute Gasteiger partial charge is 0.305 e. The Labute approximate surface area is 91.2 Å². The fourth-order valence-corrected chi connectivity index (χ4v) is 2.42. The van der Waals surface area contributed by atoms with E-state index < -0.39 is 0 Å². The highest BCUT2D eigenvalue weighted by molar-refractivity contribution is 5.25. The van der Waals surface area contributed by atoms with Crippen molar-refractivity contribution in [2.24, 2.45) is 0 Å². The molecule has 1 aromatic rings. The lowest BCUT2D eigenvalue weighted by molar-refractivity contribution is 0.457. The molecule has 2 nitrogen and oxygen atoms in total. The lowest BCUT2D eigenvalue weighted by Crippen LogP contribution is -2.20. The van der Waals surface area contributed by atoms with Crippen molar-refractivity contribution in [3.63, 3.8) is 0 Å². The average Bonchev–Trinajstić information content (AvgIpc) is 2.56. The van der Waals surface area contributed by atoms with Crippen LogP contribution in [0.1, 0.15) is 44.1 Å². The van der Waals surface area contributed by atoms with Gasteiger partial charge in [0.2, 0.25) is 0 Å². The van der Waals surface area contributed by atoms with E-state index in [1.54, 1.807) is 6.20 Å². The van der Waals surface area contributed by atoms with Gasteiger partial charge in [0.25, 0.3) is 5.54 Å². The summed E-state index contributed by atoms with van der Waals surface area (Å²) < 4.78 is 0. The van der Waals surface area contributed by atoms with Gasteiger partial charge in [-0.2, -0.15) is 0 Å². The minimum Gasteiger partial charge on any atom is -0.305 e. The fraction of sp³-hybridized carbons (Fsp3) is 0.538. The zero-order valence-corrected chi connectivity index (χ0v) is 8.95. The Bertz CT molecular complexity index is 343. The van der Waals surface area contributed by atoms with E-state index in [-0.39, 0.29) is 5.54 Å². The first-order chi connectivity index (χ1) is 7.37. The summed E-state index contributed by atoms with van der Waals surface area (Å²) in [5.41, 5.74) is 0.840. The summed E-state index contributed by atoms with van der Waals surface area (Å²) in [4.78, 5) is 8.06. The minimum absolute atomic E-state index is 0.273. The van der Waals surface area contributed by atoms with E-state index in [1.807, 2.05) is 12.3 Å². The summed E-state index contributed by atoms with van der Waals surface area (Å²) in [5.74, 6) is 0. The fourth-order valence-electron chi connectivity index (χ4n) is 2.42. The van der Waals surface area contributed by atoms with Gasteiger partial charge in [0.15, 0.2) is 0 Å². The van der Waals surface area contributed by atoms with Gasteiger partial charge in [-0.1, -0.05) is 12.8 Å². The van der Waals surface area contributed by atoms with E-state index in [4.69, 9.17) is 6.57 Å². The summed E-state index contributed by atoms with van der Waals surface area (Å²) in [6, 6.07) is 3.99. The van der Waals surface area contributed by atoms with Gasteiger partial charge in [0.05, 0.1) is 5.56 Å².